The van der Waals surface area contributed by atoms with Crippen LogP contribution in [0, 0.1) is 5.82 Å². The maximum atomic E-state index is 13.3. The quantitative estimate of drug-likeness (QED) is 0.922. The van der Waals surface area contributed by atoms with Crippen molar-refractivity contribution in [3.05, 3.63) is 29.6 Å². The molecule has 20 heavy (non-hydrogen) atoms. The van der Waals surface area contributed by atoms with E-state index >= 15 is 0 Å². The molecule has 1 spiro atoms. The molecule has 3 nitrogen and oxygen atoms in total. The number of hydrogen-bond donors (Lipinski definition) is 1. The summed E-state index contributed by atoms with van der Waals surface area (Å²) in [6.45, 7) is 2.34. The van der Waals surface area contributed by atoms with E-state index in [1.165, 1.54) is 18.6 Å². The van der Waals surface area contributed by atoms with Gasteiger partial charge in [0.05, 0.1) is 18.3 Å². The number of aliphatic hydroxyl groups excluding tert-OH is 1. The molecule has 1 aliphatic carbocycles. The Labute approximate surface area is 118 Å². The van der Waals surface area contributed by atoms with Gasteiger partial charge in [0.2, 0.25) is 0 Å². The summed E-state index contributed by atoms with van der Waals surface area (Å²) in [5.74, 6) is 0.235. The summed E-state index contributed by atoms with van der Waals surface area (Å²) in [4.78, 5) is 0. The average molecular weight is 280 g/mol. The van der Waals surface area contributed by atoms with E-state index in [9.17, 15) is 9.50 Å². The molecule has 4 heteroatoms. The highest BCUT2D eigenvalue weighted by Crippen LogP contribution is 2.43. The molecular formula is C16H21FO3. The van der Waals surface area contributed by atoms with E-state index in [1.54, 1.807) is 13.0 Å². The minimum Gasteiger partial charge on any atom is -0.490 e. The normalized spacial score (nSPS) is 26.1. The lowest BCUT2D eigenvalue weighted by atomic mass is 9.74. The SMILES string of the molecule is C[C@H](O)c1cc(F)ccc1OC1CCOC2(CCC2)C1. The molecule has 1 aromatic carbocycles. The second kappa shape index (κ2) is 5.34. The van der Waals surface area contributed by atoms with E-state index in [1.807, 2.05) is 0 Å². The summed E-state index contributed by atoms with van der Waals surface area (Å²) in [5.41, 5.74) is 0.535. The fourth-order valence-electron chi connectivity index (χ4n) is 3.14. The van der Waals surface area contributed by atoms with Crippen LogP contribution in [0.4, 0.5) is 4.39 Å². The smallest absolute Gasteiger partial charge is 0.125 e. The van der Waals surface area contributed by atoms with Crippen LogP contribution in [0.15, 0.2) is 18.2 Å². The van der Waals surface area contributed by atoms with Crippen LogP contribution in [0.5, 0.6) is 5.75 Å². The summed E-state index contributed by atoms with van der Waals surface area (Å²) in [6, 6.07) is 4.33. The number of benzene rings is 1. The number of rotatable bonds is 3. The molecule has 0 aromatic heterocycles. The maximum Gasteiger partial charge on any atom is 0.125 e. The molecule has 2 fully saturated rings. The highest BCUT2D eigenvalue weighted by atomic mass is 19.1. The lowest BCUT2D eigenvalue weighted by molar-refractivity contribution is -0.153. The molecule has 1 heterocycles. The van der Waals surface area contributed by atoms with Gasteiger partial charge in [-0.2, -0.15) is 0 Å². The third kappa shape index (κ3) is 2.67. The van der Waals surface area contributed by atoms with Gasteiger partial charge in [-0.05, 0) is 44.4 Å². The Balaban J connectivity index is 1.74. The standard InChI is InChI=1S/C16H21FO3/c1-11(18)14-9-12(17)3-4-15(14)20-13-5-8-19-16(10-13)6-2-7-16/h3-4,9,11,13,18H,2,5-8,10H2,1H3/t11-,13?/m0/s1. The van der Waals surface area contributed by atoms with Gasteiger partial charge in [0.1, 0.15) is 17.7 Å². The third-order valence-corrected chi connectivity index (χ3v) is 4.43. The lowest BCUT2D eigenvalue weighted by Crippen LogP contribution is -2.48. The Morgan fingerprint density at radius 1 is 1.45 bits per heavy atom. The van der Waals surface area contributed by atoms with Gasteiger partial charge in [0.15, 0.2) is 0 Å². The average Bonchev–Trinajstić information content (AvgIpc) is 2.39. The Morgan fingerprint density at radius 2 is 2.25 bits per heavy atom. The Morgan fingerprint density at radius 3 is 2.90 bits per heavy atom. The van der Waals surface area contributed by atoms with Crippen molar-refractivity contribution >= 4 is 0 Å². The molecule has 2 aliphatic rings. The first kappa shape index (κ1) is 13.8. The minimum atomic E-state index is -0.738. The molecule has 1 unspecified atom stereocenters. The highest BCUT2D eigenvalue weighted by molar-refractivity contribution is 5.35. The van der Waals surface area contributed by atoms with Gasteiger partial charge in [-0.15, -0.1) is 0 Å². The molecule has 1 aromatic rings. The fourth-order valence-corrected chi connectivity index (χ4v) is 3.14. The summed E-state index contributed by atoms with van der Waals surface area (Å²) in [6.07, 6.45) is 4.54. The third-order valence-electron chi connectivity index (χ3n) is 4.43. The molecule has 1 aliphatic heterocycles. The van der Waals surface area contributed by atoms with Crippen molar-refractivity contribution in [1.82, 2.24) is 0 Å². The van der Waals surface area contributed by atoms with Crippen molar-refractivity contribution in [3.8, 4) is 5.75 Å². The van der Waals surface area contributed by atoms with Crippen LogP contribution in [-0.2, 0) is 4.74 Å². The van der Waals surface area contributed by atoms with E-state index < -0.39 is 6.10 Å². The van der Waals surface area contributed by atoms with E-state index in [2.05, 4.69) is 0 Å². The topological polar surface area (TPSA) is 38.7 Å². The zero-order chi connectivity index (χ0) is 14.2. The summed E-state index contributed by atoms with van der Waals surface area (Å²) >= 11 is 0. The molecule has 3 rings (SSSR count). The summed E-state index contributed by atoms with van der Waals surface area (Å²) in [7, 11) is 0. The second-order valence-electron chi connectivity index (χ2n) is 5.98. The van der Waals surface area contributed by atoms with Crippen LogP contribution in [0.1, 0.15) is 50.7 Å². The van der Waals surface area contributed by atoms with E-state index in [4.69, 9.17) is 9.47 Å². The molecule has 0 radical (unpaired) electrons. The van der Waals surface area contributed by atoms with Gasteiger partial charge < -0.3 is 14.6 Å². The van der Waals surface area contributed by atoms with E-state index in [-0.39, 0.29) is 17.5 Å². The fraction of sp³-hybridized carbons (Fsp3) is 0.625. The van der Waals surface area contributed by atoms with Crippen molar-refractivity contribution in [1.29, 1.82) is 0 Å². The van der Waals surface area contributed by atoms with Gasteiger partial charge >= 0.3 is 0 Å². The number of aliphatic hydroxyl groups is 1. The van der Waals surface area contributed by atoms with Crippen LogP contribution in [0.2, 0.25) is 0 Å². The van der Waals surface area contributed by atoms with Crippen LogP contribution < -0.4 is 4.74 Å². The monoisotopic (exact) mass is 280 g/mol. The molecule has 1 saturated heterocycles. The zero-order valence-electron chi connectivity index (χ0n) is 11.8. The first-order chi connectivity index (χ1) is 9.58. The van der Waals surface area contributed by atoms with Crippen LogP contribution >= 0.6 is 0 Å². The highest BCUT2D eigenvalue weighted by Gasteiger charge is 2.43. The molecule has 1 N–H and O–H groups in total. The van der Waals surface area contributed by atoms with Gasteiger partial charge in [-0.25, -0.2) is 4.39 Å². The summed E-state index contributed by atoms with van der Waals surface area (Å²) in [5, 5.41) is 9.75. The van der Waals surface area contributed by atoms with Crippen molar-refractivity contribution < 1.29 is 19.0 Å². The molecule has 110 valence electrons. The lowest BCUT2D eigenvalue weighted by Gasteiger charge is -2.47. The molecular weight excluding hydrogens is 259 g/mol. The van der Waals surface area contributed by atoms with Gasteiger partial charge in [0, 0.05) is 18.4 Å². The molecule has 1 saturated carbocycles. The van der Waals surface area contributed by atoms with Crippen LogP contribution in [-0.4, -0.2) is 23.4 Å². The predicted molar refractivity (Wildman–Crippen MR) is 73.2 cm³/mol. The first-order valence-corrected chi connectivity index (χ1v) is 7.36. The molecule has 2 atom stereocenters. The molecule has 0 bridgehead atoms. The number of ether oxygens (including phenoxy) is 2. The Hall–Kier alpha value is -1.13. The largest absolute Gasteiger partial charge is 0.490 e. The second-order valence-corrected chi connectivity index (χ2v) is 5.98. The zero-order valence-corrected chi connectivity index (χ0v) is 11.8. The van der Waals surface area contributed by atoms with Crippen molar-refractivity contribution in [2.75, 3.05) is 6.61 Å². The van der Waals surface area contributed by atoms with Crippen LogP contribution in [0.25, 0.3) is 0 Å². The van der Waals surface area contributed by atoms with Gasteiger partial charge in [0.25, 0.3) is 0 Å². The number of hydrogen-bond acceptors (Lipinski definition) is 3. The van der Waals surface area contributed by atoms with Gasteiger partial charge in [-0.1, -0.05) is 0 Å². The number of halogens is 1. The summed E-state index contributed by atoms with van der Waals surface area (Å²) < 4.78 is 25.2. The van der Waals surface area contributed by atoms with Crippen molar-refractivity contribution in [2.45, 2.75) is 56.8 Å². The maximum absolute atomic E-state index is 13.3. The van der Waals surface area contributed by atoms with Crippen molar-refractivity contribution in [2.24, 2.45) is 0 Å². The predicted octanol–water partition coefficient (Wildman–Crippen LogP) is 3.36. The minimum absolute atomic E-state index is 0.0218. The van der Waals surface area contributed by atoms with Crippen molar-refractivity contribution in [3.63, 3.8) is 0 Å². The molecule has 0 amide bonds. The Bertz CT molecular complexity index is 483. The van der Waals surface area contributed by atoms with Crippen LogP contribution in [0.3, 0.4) is 0 Å². The van der Waals surface area contributed by atoms with E-state index in [0.717, 1.165) is 32.3 Å². The first-order valence-electron chi connectivity index (χ1n) is 7.36. The van der Waals surface area contributed by atoms with E-state index in [0.29, 0.717) is 11.3 Å². The van der Waals surface area contributed by atoms with Gasteiger partial charge in [-0.3, -0.25) is 0 Å². The Kier molecular flexibility index (Phi) is 3.69.